The summed E-state index contributed by atoms with van der Waals surface area (Å²) >= 11 is 0. The molecule has 2 aliphatic heterocycles. The number of aromatic nitrogens is 2. The van der Waals surface area contributed by atoms with Crippen LogP contribution in [-0.4, -0.2) is 84.4 Å². The fourth-order valence-corrected chi connectivity index (χ4v) is 6.32. The topological polar surface area (TPSA) is 88.0 Å². The predicted molar refractivity (Wildman–Crippen MR) is 133 cm³/mol. The number of aryl methyl sites for hydroxylation is 1. The van der Waals surface area contributed by atoms with Gasteiger partial charge in [-0.1, -0.05) is 6.07 Å². The van der Waals surface area contributed by atoms with Crippen LogP contribution in [0.5, 0.6) is 5.75 Å². The van der Waals surface area contributed by atoms with E-state index in [2.05, 4.69) is 9.47 Å². The van der Waals surface area contributed by atoms with E-state index in [0.717, 1.165) is 42.8 Å². The van der Waals surface area contributed by atoms with Crippen molar-refractivity contribution in [2.24, 2.45) is 7.05 Å². The van der Waals surface area contributed by atoms with Gasteiger partial charge in [0.15, 0.2) is 0 Å². The van der Waals surface area contributed by atoms with E-state index >= 15 is 0 Å². The van der Waals surface area contributed by atoms with Gasteiger partial charge in [-0.15, -0.1) is 0 Å². The molecule has 9 nitrogen and oxygen atoms in total. The molecule has 10 heteroatoms. The summed E-state index contributed by atoms with van der Waals surface area (Å²) in [6.45, 7) is 4.33. The Kier molecular flexibility index (Phi) is 6.52. The summed E-state index contributed by atoms with van der Waals surface area (Å²) in [5.74, 6) is 1.50. The quantitative estimate of drug-likeness (QED) is 0.520. The summed E-state index contributed by atoms with van der Waals surface area (Å²) in [7, 11) is -0.0619. The largest absolute Gasteiger partial charge is 0.497 e. The Morgan fingerprint density at radius 2 is 1.74 bits per heavy atom. The summed E-state index contributed by atoms with van der Waals surface area (Å²) in [5, 5.41) is 0. The third-order valence-electron chi connectivity index (χ3n) is 6.99. The van der Waals surface area contributed by atoms with Crippen molar-refractivity contribution in [1.82, 2.24) is 23.7 Å². The van der Waals surface area contributed by atoms with Crippen LogP contribution in [0.2, 0.25) is 0 Å². The summed E-state index contributed by atoms with van der Waals surface area (Å²) in [6, 6.07) is 12.3. The van der Waals surface area contributed by atoms with E-state index in [1.165, 1.54) is 11.4 Å². The Morgan fingerprint density at radius 3 is 2.46 bits per heavy atom. The molecular formula is C25H31N5O4S. The standard InChI is InChI=1S/C25H31N5O4S/c1-27-23-9-8-19(25(31)29-10-3-4-11-29)16-22(23)26-24(27)18-28-12-14-30(15-13-28)35(32,33)21-7-5-6-20(17-21)34-2/h5-9,16-17H,3-4,10-15,18H2,1-2H3. The highest BCUT2D eigenvalue weighted by atomic mass is 32.2. The van der Waals surface area contributed by atoms with Crippen LogP contribution in [-0.2, 0) is 23.6 Å². The molecule has 0 aliphatic carbocycles. The smallest absolute Gasteiger partial charge is 0.253 e. The van der Waals surface area contributed by atoms with Gasteiger partial charge in [0, 0.05) is 57.9 Å². The lowest BCUT2D eigenvalue weighted by Crippen LogP contribution is -2.48. The highest BCUT2D eigenvalue weighted by Gasteiger charge is 2.29. The van der Waals surface area contributed by atoms with Crippen LogP contribution >= 0.6 is 0 Å². The van der Waals surface area contributed by atoms with Gasteiger partial charge in [-0.05, 0) is 43.2 Å². The van der Waals surface area contributed by atoms with Gasteiger partial charge in [0.1, 0.15) is 11.6 Å². The first kappa shape index (κ1) is 23.8. The molecule has 2 aliphatic rings. The van der Waals surface area contributed by atoms with Crippen LogP contribution in [0.1, 0.15) is 29.0 Å². The van der Waals surface area contributed by atoms with Crippen molar-refractivity contribution in [2.45, 2.75) is 24.3 Å². The summed E-state index contributed by atoms with van der Waals surface area (Å²) in [6.07, 6.45) is 2.13. The van der Waals surface area contributed by atoms with E-state index in [0.29, 0.717) is 44.0 Å². The van der Waals surface area contributed by atoms with Gasteiger partial charge in [-0.2, -0.15) is 4.31 Å². The first-order valence-corrected chi connectivity index (χ1v) is 13.4. The van der Waals surface area contributed by atoms with E-state index < -0.39 is 10.0 Å². The molecule has 3 aromatic rings. The van der Waals surface area contributed by atoms with Crippen LogP contribution in [0.3, 0.4) is 0 Å². The Balaban J connectivity index is 1.26. The normalized spacial score (nSPS) is 17.8. The van der Waals surface area contributed by atoms with Crippen LogP contribution in [0, 0.1) is 0 Å². The number of imidazole rings is 1. The number of nitrogens with zero attached hydrogens (tertiary/aromatic N) is 5. The van der Waals surface area contributed by atoms with Gasteiger partial charge in [-0.3, -0.25) is 9.69 Å². The third kappa shape index (κ3) is 4.65. The molecule has 0 N–H and O–H groups in total. The van der Waals surface area contributed by atoms with Crippen LogP contribution in [0.4, 0.5) is 0 Å². The van der Waals surface area contributed by atoms with E-state index in [9.17, 15) is 13.2 Å². The molecule has 0 spiro atoms. The second kappa shape index (κ2) is 9.60. The summed E-state index contributed by atoms with van der Waals surface area (Å²) < 4.78 is 34.9. The maximum absolute atomic E-state index is 13.1. The lowest BCUT2D eigenvalue weighted by Gasteiger charge is -2.33. The summed E-state index contributed by atoms with van der Waals surface area (Å²) in [4.78, 5) is 22.0. The van der Waals surface area contributed by atoms with E-state index in [4.69, 9.17) is 9.72 Å². The van der Waals surface area contributed by atoms with E-state index in [1.807, 2.05) is 30.1 Å². The Hall–Kier alpha value is -2.95. The van der Waals surface area contributed by atoms with Gasteiger partial charge >= 0.3 is 0 Å². The molecule has 0 saturated carbocycles. The van der Waals surface area contributed by atoms with Crippen LogP contribution in [0.25, 0.3) is 11.0 Å². The number of benzene rings is 2. The monoisotopic (exact) mass is 497 g/mol. The Bertz CT molecular complexity index is 1340. The molecule has 1 aromatic heterocycles. The maximum atomic E-state index is 13.1. The first-order chi connectivity index (χ1) is 16.9. The molecule has 0 atom stereocenters. The zero-order chi connectivity index (χ0) is 24.6. The molecule has 0 bridgehead atoms. The number of carbonyl (C=O) groups is 1. The number of sulfonamides is 1. The number of hydrogen-bond acceptors (Lipinski definition) is 6. The van der Waals surface area contributed by atoms with Gasteiger partial charge in [0.25, 0.3) is 5.91 Å². The molecule has 2 fully saturated rings. The molecule has 1 amide bonds. The second-order valence-electron chi connectivity index (χ2n) is 9.15. The van der Waals surface area contributed by atoms with Crippen molar-refractivity contribution in [3.05, 3.63) is 53.9 Å². The van der Waals surface area contributed by atoms with Gasteiger partial charge in [0.05, 0.1) is 29.6 Å². The molecule has 186 valence electrons. The third-order valence-corrected chi connectivity index (χ3v) is 8.88. The minimum atomic E-state index is -3.57. The van der Waals surface area contributed by atoms with E-state index in [1.54, 1.807) is 24.3 Å². The molecule has 35 heavy (non-hydrogen) atoms. The number of carbonyl (C=O) groups excluding carboxylic acids is 1. The van der Waals surface area contributed by atoms with Crippen molar-refractivity contribution in [3.63, 3.8) is 0 Å². The highest BCUT2D eigenvalue weighted by molar-refractivity contribution is 7.89. The lowest BCUT2D eigenvalue weighted by atomic mass is 10.2. The zero-order valence-electron chi connectivity index (χ0n) is 20.2. The second-order valence-corrected chi connectivity index (χ2v) is 11.1. The average molecular weight is 498 g/mol. The Labute approximate surface area is 205 Å². The number of hydrogen-bond donors (Lipinski definition) is 0. The number of piperazine rings is 1. The van der Waals surface area contributed by atoms with Gasteiger partial charge in [0.2, 0.25) is 10.0 Å². The Morgan fingerprint density at radius 1 is 1.00 bits per heavy atom. The minimum Gasteiger partial charge on any atom is -0.497 e. The van der Waals surface area contributed by atoms with Crippen molar-refractivity contribution in [2.75, 3.05) is 46.4 Å². The number of rotatable bonds is 6. The number of likely N-dealkylation sites (tertiary alicyclic amines) is 1. The number of ether oxygens (including phenoxy) is 1. The predicted octanol–water partition coefficient (Wildman–Crippen LogP) is 2.32. The molecular weight excluding hydrogens is 466 g/mol. The summed E-state index contributed by atoms with van der Waals surface area (Å²) in [5.41, 5.74) is 2.48. The average Bonchev–Trinajstić information content (AvgIpc) is 3.52. The SMILES string of the molecule is COc1cccc(S(=O)(=O)N2CCN(Cc3nc4cc(C(=O)N5CCCC5)ccc4n3C)CC2)c1. The van der Waals surface area contributed by atoms with Gasteiger partial charge < -0.3 is 14.2 Å². The lowest BCUT2D eigenvalue weighted by molar-refractivity contribution is 0.0793. The molecule has 2 saturated heterocycles. The molecule has 0 unspecified atom stereocenters. The maximum Gasteiger partial charge on any atom is 0.253 e. The molecule has 5 rings (SSSR count). The highest BCUT2D eigenvalue weighted by Crippen LogP contribution is 2.24. The number of amides is 1. The number of methoxy groups -OCH3 is 1. The van der Waals surface area contributed by atoms with Crippen LogP contribution < -0.4 is 4.74 Å². The molecule has 3 heterocycles. The van der Waals surface area contributed by atoms with Crippen molar-refractivity contribution in [3.8, 4) is 5.75 Å². The molecule has 0 radical (unpaired) electrons. The molecule has 2 aromatic carbocycles. The first-order valence-electron chi connectivity index (χ1n) is 12.0. The minimum absolute atomic E-state index is 0.0740. The number of fused-ring (bicyclic) bond motifs is 1. The van der Waals surface area contributed by atoms with E-state index in [-0.39, 0.29) is 10.8 Å². The van der Waals surface area contributed by atoms with Crippen molar-refractivity contribution >= 4 is 27.0 Å². The van der Waals surface area contributed by atoms with Crippen LogP contribution in [0.15, 0.2) is 47.4 Å². The zero-order valence-corrected chi connectivity index (χ0v) is 21.0. The van der Waals surface area contributed by atoms with Crippen molar-refractivity contribution < 1.29 is 17.9 Å². The fraction of sp³-hybridized carbons (Fsp3) is 0.440. The van der Waals surface area contributed by atoms with Crippen molar-refractivity contribution in [1.29, 1.82) is 0 Å². The fourth-order valence-electron chi connectivity index (χ4n) is 4.87. The van der Waals surface area contributed by atoms with Gasteiger partial charge in [-0.25, -0.2) is 13.4 Å².